The summed E-state index contributed by atoms with van der Waals surface area (Å²) in [5, 5.41) is 9.48. The van der Waals surface area contributed by atoms with E-state index in [4.69, 9.17) is 0 Å². The first kappa shape index (κ1) is 15.0. The van der Waals surface area contributed by atoms with E-state index >= 15 is 0 Å². The quantitative estimate of drug-likeness (QED) is 0.752. The third kappa shape index (κ3) is 4.30. The Labute approximate surface area is 111 Å². The van der Waals surface area contributed by atoms with Gasteiger partial charge in [-0.2, -0.15) is 0 Å². The van der Waals surface area contributed by atoms with E-state index in [1.165, 1.54) is 19.3 Å². The molecule has 0 aliphatic rings. The lowest BCUT2D eigenvalue weighted by Crippen LogP contribution is -2.32. The number of aliphatic hydroxyl groups is 1. The summed E-state index contributed by atoms with van der Waals surface area (Å²) in [6.45, 7) is 9.41. The molecule has 1 aromatic rings. The minimum Gasteiger partial charge on any atom is -0.389 e. The standard InChI is InChI=1S/C15H26N2O/c1-5-6-7-10-17(12(2)3)15-9-8-14(11-16-15)13(4)18/h8-9,11-13,18H,5-7,10H2,1-4H3/t13-/m1/s1. The Morgan fingerprint density at radius 3 is 2.39 bits per heavy atom. The van der Waals surface area contributed by atoms with Crippen LogP contribution in [0.15, 0.2) is 18.3 Å². The molecule has 1 heterocycles. The summed E-state index contributed by atoms with van der Waals surface area (Å²) in [5.74, 6) is 1.01. The van der Waals surface area contributed by atoms with Crippen molar-refractivity contribution >= 4 is 5.82 Å². The molecule has 102 valence electrons. The Hall–Kier alpha value is -1.09. The number of aliphatic hydroxyl groups excluding tert-OH is 1. The van der Waals surface area contributed by atoms with Crippen LogP contribution < -0.4 is 4.90 Å². The lowest BCUT2D eigenvalue weighted by Gasteiger charge is -2.28. The number of aromatic nitrogens is 1. The van der Waals surface area contributed by atoms with Gasteiger partial charge < -0.3 is 10.0 Å². The van der Waals surface area contributed by atoms with E-state index in [9.17, 15) is 5.11 Å². The van der Waals surface area contributed by atoms with Gasteiger partial charge in [-0.25, -0.2) is 4.98 Å². The molecule has 3 nitrogen and oxygen atoms in total. The molecule has 0 radical (unpaired) electrons. The van der Waals surface area contributed by atoms with E-state index in [0.717, 1.165) is 17.9 Å². The zero-order valence-electron chi connectivity index (χ0n) is 12.1. The second kappa shape index (κ2) is 7.37. The lowest BCUT2D eigenvalue weighted by atomic mass is 10.2. The van der Waals surface area contributed by atoms with Crippen LogP contribution in [0.4, 0.5) is 5.82 Å². The smallest absolute Gasteiger partial charge is 0.128 e. The van der Waals surface area contributed by atoms with Gasteiger partial charge in [0.1, 0.15) is 5.82 Å². The van der Waals surface area contributed by atoms with Crippen LogP contribution in [0.5, 0.6) is 0 Å². The van der Waals surface area contributed by atoms with Gasteiger partial charge in [-0.15, -0.1) is 0 Å². The molecule has 3 heteroatoms. The highest BCUT2D eigenvalue weighted by Gasteiger charge is 2.11. The Balaban J connectivity index is 2.72. The predicted molar refractivity (Wildman–Crippen MR) is 76.9 cm³/mol. The molecular formula is C15H26N2O. The molecule has 1 atom stereocenters. The Bertz CT molecular complexity index is 333. The summed E-state index contributed by atoms with van der Waals surface area (Å²) in [4.78, 5) is 6.79. The van der Waals surface area contributed by atoms with Crippen molar-refractivity contribution in [3.05, 3.63) is 23.9 Å². The molecular weight excluding hydrogens is 224 g/mol. The SMILES string of the molecule is CCCCCN(c1ccc([C@@H](C)O)cn1)C(C)C. The fourth-order valence-electron chi connectivity index (χ4n) is 1.98. The van der Waals surface area contributed by atoms with Crippen molar-refractivity contribution in [2.75, 3.05) is 11.4 Å². The van der Waals surface area contributed by atoms with Gasteiger partial charge >= 0.3 is 0 Å². The number of hydrogen-bond acceptors (Lipinski definition) is 3. The zero-order valence-corrected chi connectivity index (χ0v) is 12.1. The van der Waals surface area contributed by atoms with Crippen LogP contribution in [0.2, 0.25) is 0 Å². The predicted octanol–water partition coefficient (Wildman–Crippen LogP) is 3.54. The highest BCUT2D eigenvalue weighted by atomic mass is 16.3. The first-order valence-corrected chi connectivity index (χ1v) is 6.97. The summed E-state index contributed by atoms with van der Waals surface area (Å²) in [5.41, 5.74) is 0.871. The van der Waals surface area contributed by atoms with Gasteiger partial charge in [-0.1, -0.05) is 25.8 Å². The van der Waals surface area contributed by atoms with Crippen LogP contribution >= 0.6 is 0 Å². The highest BCUT2D eigenvalue weighted by Crippen LogP contribution is 2.18. The maximum absolute atomic E-state index is 9.48. The Kier molecular flexibility index (Phi) is 6.13. The largest absolute Gasteiger partial charge is 0.389 e. The molecule has 0 aliphatic heterocycles. The molecule has 0 fully saturated rings. The van der Waals surface area contributed by atoms with Gasteiger partial charge in [0.15, 0.2) is 0 Å². The van der Waals surface area contributed by atoms with Gasteiger partial charge in [0, 0.05) is 18.8 Å². The number of pyridine rings is 1. The first-order valence-electron chi connectivity index (χ1n) is 6.97. The fraction of sp³-hybridized carbons (Fsp3) is 0.667. The molecule has 0 aliphatic carbocycles. The van der Waals surface area contributed by atoms with E-state index in [2.05, 4.69) is 30.7 Å². The van der Waals surface area contributed by atoms with E-state index in [0.29, 0.717) is 6.04 Å². The van der Waals surface area contributed by atoms with Gasteiger partial charge in [0.05, 0.1) is 6.10 Å². The average Bonchev–Trinajstić information content (AvgIpc) is 2.34. The molecule has 0 saturated heterocycles. The third-order valence-corrected chi connectivity index (χ3v) is 3.17. The van der Waals surface area contributed by atoms with Crippen molar-refractivity contribution in [1.29, 1.82) is 0 Å². The second-order valence-corrected chi connectivity index (χ2v) is 5.12. The van der Waals surface area contributed by atoms with Crippen LogP contribution in [0, 0.1) is 0 Å². The molecule has 0 saturated carbocycles. The monoisotopic (exact) mass is 250 g/mol. The number of hydrogen-bond donors (Lipinski definition) is 1. The van der Waals surface area contributed by atoms with Crippen LogP contribution in [0.25, 0.3) is 0 Å². The number of nitrogens with zero attached hydrogens (tertiary/aromatic N) is 2. The molecule has 1 rings (SSSR count). The molecule has 0 amide bonds. The molecule has 1 N–H and O–H groups in total. The van der Waals surface area contributed by atoms with Crippen LogP contribution in [0.1, 0.15) is 58.6 Å². The number of rotatable bonds is 7. The maximum atomic E-state index is 9.48. The van der Waals surface area contributed by atoms with Crippen LogP contribution in [-0.2, 0) is 0 Å². The Morgan fingerprint density at radius 1 is 1.22 bits per heavy atom. The topological polar surface area (TPSA) is 36.4 Å². The van der Waals surface area contributed by atoms with Crippen molar-refractivity contribution in [3.8, 4) is 0 Å². The van der Waals surface area contributed by atoms with Crippen molar-refractivity contribution in [2.24, 2.45) is 0 Å². The van der Waals surface area contributed by atoms with Crippen molar-refractivity contribution in [1.82, 2.24) is 4.98 Å². The van der Waals surface area contributed by atoms with Gasteiger partial charge in [0.25, 0.3) is 0 Å². The molecule has 1 aromatic heterocycles. The normalized spacial score (nSPS) is 12.8. The van der Waals surface area contributed by atoms with Crippen LogP contribution in [0.3, 0.4) is 0 Å². The van der Waals surface area contributed by atoms with Crippen molar-refractivity contribution < 1.29 is 5.11 Å². The van der Waals surface area contributed by atoms with Gasteiger partial charge in [-0.05, 0) is 38.8 Å². The van der Waals surface area contributed by atoms with Crippen molar-refractivity contribution in [3.63, 3.8) is 0 Å². The zero-order chi connectivity index (χ0) is 13.5. The minimum atomic E-state index is -0.445. The molecule has 18 heavy (non-hydrogen) atoms. The van der Waals surface area contributed by atoms with Gasteiger partial charge in [-0.3, -0.25) is 0 Å². The summed E-state index contributed by atoms with van der Waals surface area (Å²) >= 11 is 0. The fourth-order valence-corrected chi connectivity index (χ4v) is 1.98. The molecule has 0 bridgehead atoms. The summed E-state index contributed by atoms with van der Waals surface area (Å²) < 4.78 is 0. The highest BCUT2D eigenvalue weighted by molar-refractivity contribution is 5.40. The van der Waals surface area contributed by atoms with E-state index < -0.39 is 6.10 Å². The molecule has 0 unspecified atom stereocenters. The van der Waals surface area contributed by atoms with Gasteiger partial charge in [0.2, 0.25) is 0 Å². The van der Waals surface area contributed by atoms with E-state index in [1.54, 1.807) is 13.1 Å². The lowest BCUT2D eigenvalue weighted by molar-refractivity contribution is 0.199. The number of unbranched alkanes of at least 4 members (excludes halogenated alkanes) is 2. The minimum absolute atomic E-state index is 0.445. The summed E-state index contributed by atoms with van der Waals surface area (Å²) in [6.07, 6.45) is 5.03. The Morgan fingerprint density at radius 2 is 1.94 bits per heavy atom. The van der Waals surface area contributed by atoms with Crippen LogP contribution in [-0.4, -0.2) is 22.7 Å². The average molecular weight is 250 g/mol. The molecule has 0 aromatic carbocycles. The summed E-state index contributed by atoms with van der Waals surface area (Å²) in [7, 11) is 0. The maximum Gasteiger partial charge on any atom is 0.128 e. The molecule has 0 spiro atoms. The van der Waals surface area contributed by atoms with Crippen molar-refractivity contribution in [2.45, 2.75) is 59.1 Å². The number of anilines is 1. The first-order chi connectivity index (χ1) is 8.56. The summed E-state index contributed by atoms with van der Waals surface area (Å²) in [6, 6.07) is 4.42. The third-order valence-electron chi connectivity index (χ3n) is 3.17. The second-order valence-electron chi connectivity index (χ2n) is 5.12. The van der Waals surface area contributed by atoms with E-state index in [-0.39, 0.29) is 0 Å². The van der Waals surface area contributed by atoms with E-state index in [1.807, 2.05) is 12.1 Å².